The lowest BCUT2D eigenvalue weighted by Gasteiger charge is -2.17. The van der Waals surface area contributed by atoms with Crippen LogP contribution in [0.3, 0.4) is 0 Å². The van der Waals surface area contributed by atoms with E-state index in [4.69, 9.17) is 16.6 Å². The van der Waals surface area contributed by atoms with Crippen molar-refractivity contribution in [1.29, 1.82) is 0 Å². The molecular weight excluding hydrogens is 444 g/mol. The summed E-state index contributed by atoms with van der Waals surface area (Å²) in [6.07, 6.45) is 1.02. The Labute approximate surface area is 193 Å². The molecule has 1 amide bonds. The Balaban J connectivity index is 1.60. The summed E-state index contributed by atoms with van der Waals surface area (Å²) in [5.41, 5.74) is 14.0. The Bertz CT molecular complexity index is 1220. The molecule has 34 heavy (non-hydrogen) atoms. The van der Waals surface area contributed by atoms with Crippen LogP contribution in [-0.4, -0.2) is 66.0 Å². The van der Waals surface area contributed by atoms with Gasteiger partial charge in [-0.1, -0.05) is 12.1 Å². The molecule has 7 N–H and O–H groups in total. The van der Waals surface area contributed by atoms with Crippen molar-refractivity contribution in [2.45, 2.75) is 32.0 Å². The van der Waals surface area contributed by atoms with Gasteiger partial charge in [0.1, 0.15) is 6.04 Å². The van der Waals surface area contributed by atoms with E-state index < -0.39 is 23.9 Å². The molecule has 0 aliphatic rings. The smallest absolute Gasteiger partial charge is 0.326 e. The first-order valence-electron chi connectivity index (χ1n) is 10.2. The molecule has 13 nitrogen and oxygen atoms in total. The Morgan fingerprint density at radius 2 is 1.76 bits per heavy atom. The van der Waals surface area contributed by atoms with Gasteiger partial charge in [-0.25, -0.2) is 14.8 Å². The number of hydrogen-bond acceptors (Lipinski definition) is 10. The van der Waals surface area contributed by atoms with E-state index in [2.05, 4.69) is 25.3 Å². The highest BCUT2D eigenvalue weighted by molar-refractivity contribution is 5.96. The zero-order valence-electron chi connectivity index (χ0n) is 18.3. The zero-order chi connectivity index (χ0) is 24.8. The number of carbonyl (C=O) groups is 3. The van der Waals surface area contributed by atoms with Crippen molar-refractivity contribution in [3.8, 4) is 0 Å². The minimum Gasteiger partial charge on any atom is -0.481 e. The minimum atomic E-state index is -1.29. The quantitative estimate of drug-likeness (QED) is 0.271. The maximum absolute atomic E-state index is 12.4. The predicted octanol–water partition coefficient (Wildman–Crippen LogP) is 0.264. The van der Waals surface area contributed by atoms with E-state index in [1.807, 2.05) is 11.9 Å². The third-order valence-corrected chi connectivity index (χ3v) is 4.85. The monoisotopic (exact) mass is 468 g/mol. The molecule has 0 unspecified atom stereocenters. The molecule has 0 bridgehead atoms. The lowest BCUT2D eigenvalue weighted by molar-refractivity contribution is -0.140. The number of fused-ring (bicyclic) bond motifs is 1. The summed E-state index contributed by atoms with van der Waals surface area (Å²) in [5, 5.41) is 20.3. The van der Waals surface area contributed by atoms with Gasteiger partial charge in [0, 0.05) is 25.1 Å². The summed E-state index contributed by atoms with van der Waals surface area (Å²) in [7, 11) is 1.88. The van der Waals surface area contributed by atoms with E-state index in [0.29, 0.717) is 29.9 Å². The normalized spacial score (nSPS) is 11.9. The van der Waals surface area contributed by atoms with Crippen LogP contribution in [0.1, 0.15) is 34.5 Å². The topological polar surface area (TPSA) is 211 Å². The molecule has 1 atom stereocenters. The van der Waals surface area contributed by atoms with Gasteiger partial charge in [-0.3, -0.25) is 14.5 Å². The van der Waals surface area contributed by atoms with Crippen LogP contribution in [0, 0.1) is 0 Å². The summed E-state index contributed by atoms with van der Waals surface area (Å²) >= 11 is 0. The average molecular weight is 468 g/mol. The number of anilines is 2. The fraction of sp³-hybridized carbons (Fsp3) is 0.286. The van der Waals surface area contributed by atoms with Crippen LogP contribution in [0.25, 0.3) is 11.2 Å². The van der Waals surface area contributed by atoms with E-state index in [1.165, 1.54) is 0 Å². The lowest BCUT2D eigenvalue weighted by atomic mass is 10.1. The molecule has 0 saturated carbocycles. The molecule has 13 heteroatoms. The zero-order valence-corrected chi connectivity index (χ0v) is 18.3. The Hall–Kier alpha value is -4.39. The van der Waals surface area contributed by atoms with Gasteiger partial charge in [-0.2, -0.15) is 9.97 Å². The van der Waals surface area contributed by atoms with Crippen LogP contribution < -0.4 is 16.8 Å². The van der Waals surface area contributed by atoms with Gasteiger partial charge >= 0.3 is 11.9 Å². The van der Waals surface area contributed by atoms with Crippen LogP contribution in [0.5, 0.6) is 0 Å². The SMILES string of the molecule is CN(Cc1ccc(C(=O)N[C@@H](CCC(=O)O)C(=O)O)cc1)Cc1cnc2nc(N)nc(N)c2n1. The number of nitrogen functional groups attached to an aromatic ring is 2. The molecule has 0 spiro atoms. The fourth-order valence-corrected chi connectivity index (χ4v) is 3.23. The molecule has 2 heterocycles. The minimum absolute atomic E-state index is 0.0278. The summed E-state index contributed by atoms with van der Waals surface area (Å²) in [4.78, 5) is 52.9. The number of aromatic nitrogens is 4. The molecule has 1 aromatic carbocycles. The van der Waals surface area contributed by atoms with Crippen LogP contribution in [0.4, 0.5) is 11.8 Å². The van der Waals surface area contributed by atoms with Crippen molar-refractivity contribution in [3.05, 3.63) is 47.3 Å². The number of nitrogens with two attached hydrogens (primary N) is 2. The number of hydrogen-bond donors (Lipinski definition) is 5. The van der Waals surface area contributed by atoms with Gasteiger partial charge < -0.3 is 27.0 Å². The number of carbonyl (C=O) groups excluding carboxylic acids is 1. The van der Waals surface area contributed by atoms with E-state index in [9.17, 15) is 19.5 Å². The average Bonchev–Trinajstić information content (AvgIpc) is 2.77. The molecule has 0 saturated heterocycles. The number of amides is 1. The van der Waals surface area contributed by atoms with Crippen molar-refractivity contribution in [2.75, 3.05) is 18.5 Å². The second-order valence-electron chi connectivity index (χ2n) is 7.67. The maximum Gasteiger partial charge on any atom is 0.326 e. The molecule has 3 rings (SSSR count). The van der Waals surface area contributed by atoms with Crippen molar-refractivity contribution in [3.63, 3.8) is 0 Å². The van der Waals surface area contributed by atoms with Crippen molar-refractivity contribution >= 4 is 40.8 Å². The van der Waals surface area contributed by atoms with Crippen LogP contribution in [0.2, 0.25) is 0 Å². The van der Waals surface area contributed by atoms with Crippen LogP contribution >= 0.6 is 0 Å². The summed E-state index contributed by atoms with van der Waals surface area (Å²) in [6.45, 7) is 0.991. The number of carboxylic acid groups (broad SMARTS) is 2. The Morgan fingerprint density at radius 1 is 1.06 bits per heavy atom. The van der Waals surface area contributed by atoms with Crippen molar-refractivity contribution in [1.82, 2.24) is 30.2 Å². The van der Waals surface area contributed by atoms with E-state index in [0.717, 1.165) is 5.56 Å². The largest absolute Gasteiger partial charge is 0.481 e. The maximum atomic E-state index is 12.4. The number of carboxylic acids is 2. The van der Waals surface area contributed by atoms with Crippen molar-refractivity contribution in [2.24, 2.45) is 0 Å². The summed E-state index contributed by atoms with van der Waals surface area (Å²) in [5.74, 6) is -2.84. The third kappa shape index (κ3) is 6.32. The van der Waals surface area contributed by atoms with Crippen LogP contribution in [-0.2, 0) is 22.7 Å². The number of benzene rings is 1. The molecular formula is C21H24N8O5. The Kier molecular flexibility index (Phi) is 7.48. The van der Waals surface area contributed by atoms with Gasteiger partial charge in [-0.05, 0) is 31.2 Å². The summed E-state index contributed by atoms with van der Waals surface area (Å²) < 4.78 is 0. The van der Waals surface area contributed by atoms with E-state index in [1.54, 1.807) is 30.5 Å². The fourth-order valence-electron chi connectivity index (χ4n) is 3.23. The molecule has 0 aliphatic heterocycles. The van der Waals surface area contributed by atoms with Crippen molar-refractivity contribution < 1.29 is 24.6 Å². The van der Waals surface area contributed by atoms with Crippen LogP contribution in [0.15, 0.2) is 30.5 Å². The lowest BCUT2D eigenvalue weighted by Crippen LogP contribution is -2.41. The predicted molar refractivity (Wildman–Crippen MR) is 121 cm³/mol. The Morgan fingerprint density at radius 3 is 2.41 bits per heavy atom. The number of nitrogens with zero attached hydrogens (tertiary/aromatic N) is 5. The highest BCUT2D eigenvalue weighted by Crippen LogP contribution is 2.16. The standard InChI is InChI=1S/C21H24N8O5/c1-29(10-13-8-24-18-16(25-13)17(22)27-21(23)28-18)9-11-2-4-12(5-3-11)19(32)26-14(20(33)34)6-7-15(30)31/h2-5,8,14H,6-7,9-10H2,1H3,(H,26,32)(H,30,31)(H,33,34)(H4,22,23,24,27,28)/t14-/m0/s1. The van der Waals surface area contributed by atoms with Gasteiger partial charge in [0.05, 0.1) is 11.9 Å². The molecule has 178 valence electrons. The van der Waals surface area contributed by atoms with Gasteiger partial charge in [-0.15, -0.1) is 0 Å². The molecule has 2 aromatic heterocycles. The molecule has 0 aliphatic carbocycles. The number of aliphatic carboxylic acids is 2. The third-order valence-electron chi connectivity index (χ3n) is 4.85. The van der Waals surface area contributed by atoms with E-state index >= 15 is 0 Å². The highest BCUT2D eigenvalue weighted by Gasteiger charge is 2.21. The first-order chi connectivity index (χ1) is 16.1. The molecule has 0 radical (unpaired) electrons. The van der Waals surface area contributed by atoms with Gasteiger partial charge in [0.25, 0.3) is 5.91 Å². The molecule has 3 aromatic rings. The van der Waals surface area contributed by atoms with Gasteiger partial charge in [0.15, 0.2) is 17.0 Å². The highest BCUT2D eigenvalue weighted by atomic mass is 16.4. The molecule has 0 fully saturated rings. The number of nitrogens with one attached hydrogen (secondary N) is 1. The second kappa shape index (κ2) is 10.5. The first-order valence-corrected chi connectivity index (χ1v) is 10.2. The first kappa shape index (κ1) is 24.3. The second-order valence-corrected chi connectivity index (χ2v) is 7.67. The number of rotatable bonds is 10. The summed E-state index contributed by atoms with van der Waals surface area (Å²) in [6, 6.07) is 5.37. The van der Waals surface area contributed by atoms with E-state index in [-0.39, 0.29) is 30.2 Å². The van der Waals surface area contributed by atoms with Gasteiger partial charge in [0.2, 0.25) is 5.95 Å².